The maximum atomic E-state index is 13.2. The maximum Gasteiger partial charge on any atom is 0.305 e. The number of nitrogens with one attached hydrogen (secondary N) is 1. The largest absolute Gasteiger partial charge is 0.493 e. The molecule has 1 amide bonds. The Morgan fingerprint density at radius 1 is 0.842 bits per heavy atom. The number of carbonyl (C=O) groups is 2. The third kappa shape index (κ3) is 7.60. The van der Waals surface area contributed by atoms with Crippen LogP contribution in [-0.2, 0) is 9.53 Å². The second kappa shape index (κ2) is 13.7. The number of ether oxygens (including phenoxy) is 3. The van der Waals surface area contributed by atoms with E-state index in [4.69, 9.17) is 14.2 Å². The summed E-state index contributed by atoms with van der Waals surface area (Å²) in [7, 11) is 0. The fourth-order valence-electron chi connectivity index (χ4n) is 4.07. The summed E-state index contributed by atoms with van der Waals surface area (Å²) in [6.07, 6.45) is 0.675. The number of esters is 1. The van der Waals surface area contributed by atoms with Crippen molar-refractivity contribution in [3.8, 4) is 11.5 Å². The molecule has 0 saturated heterocycles. The van der Waals surface area contributed by atoms with Crippen LogP contribution in [0.5, 0.6) is 11.5 Å². The van der Waals surface area contributed by atoms with Crippen LogP contribution >= 0.6 is 0 Å². The van der Waals surface area contributed by atoms with Crippen molar-refractivity contribution in [3.05, 3.63) is 88.5 Å². The van der Waals surface area contributed by atoms with Crippen LogP contribution in [0.1, 0.15) is 85.2 Å². The van der Waals surface area contributed by atoms with Gasteiger partial charge in [-0.25, -0.2) is 0 Å². The van der Waals surface area contributed by atoms with Crippen molar-refractivity contribution in [2.24, 2.45) is 0 Å². The number of carbonyl (C=O) groups excluding carboxylic acids is 2. The Balaban J connectivity index is 1.66. The Hall–Kier alpha value is -3.80. The molecule has 1 unspecified atom stereocenters. The number of hydrogen-bond donors (Lipinski definition) is 1. The van der Waals surface area contributed by atoms with Crippen LogP contribution in [0.25, 0.3) is 0 Å². The molecule has 3 rings (SSSR count). The Morgan fingerprint density at radius 2 is 1.53 bits per heavy atom. The molecule has 0 spiro atoms. The highest BCUT2D eigenvalue weighted by Crippen LogP contribution is 2.32. The first-order valence-electron chi connectivity index (χ1n) is 13.3. The topological polar surface area (TPSA) is 73.9 Å². The van der Waals surface area contributed by atoms with Gasteiger partial charge in [0.25, 0.3) is 5.91 Å². The molecular weight excluding hydrogens is 478 g/mol. The molecule has 0 aliphatic rings. The van der Waals surface area contributed by atoms with Crippen molar-refractivity contribution < 1.29 is 23.8 Å². The Bertz CT molecular complexity index is 1230. The third-order valence-electron chi connectivity index (χ3n) is 6.58. The summed E-state index contributed by atoms with van der Waals surface area (Å²) in [5.74, 6) is 1.23. The second-order valence-electron chi connectivity index (χ2n) is 9.65. The zero-order chi connectivity index (χ0) is 27.7. The van der Waals surface area contributed by atoms with Gasteiger partial charge in [-0.1, -0.05) is 50.2 Å². The van der Waals surface area contributed by atoms with Crippen molar-refractivity contribution >= 4 is 17.6 Å². The Kier molecular flexibility index (Phi) is 10.3. The zero-order valence-electron chi connectivity index (χ0n) is 23.3. The van der Waals surface area contributed by atoms with Crippen molar-refractivity contribution in [2.75, 3.05) is 18.5 Å². The summed E-state index contributed by atoms with van der Waals surface area (Å²) in [6, 6.07) is 19.4. The summed E-state index contributed by atoms with van der Waals surface area (Å²) >= 11 is 0. The lowest BCUT2D eigenvalue weighted by atomic mass is 10.0. The molecule has 0 aliphatic carbocycles. The van der Waals surface area contributed by atoms with Crippen LogP contribution < -0.4 is 14.8 Å². The fourth-order valence-corrected chi connectivity index (χ4v) is 4.07. The molecule has 38 heavy (non-hydrogen) atoms. The Morgan fingerprint density at radius 3 is 2.21 bits per heavy atom. The Labute approximate surface area is 226 Å². The van der Waals surface area contributed by atoms with Crippen LogP contribution in [0.2, 0.25) is 0 Å². The number of para-hydroxylation sites is 1. The number of benzene rings is 3. The predicted molar refractivity (Wildman–Crippen MR) is 151 cm³/mol. The molecule has 0 aromatic heterocycles. The molecule has 0 radical (unpaired) electrons. The monoisotopic (exact) mass is 517 g/mol. The van der Waals surface area contributed by atoms with Gasteiger partial charge in [-0.2, -0.15) is 0 Å². The lowest BCUT2D eigenvalue weighted by Crippen LogP contribution is -2.15. The zero-order valence-corrected chi connectivity index (χ0v) is 23.3. The first kappa shape index (κ1) is 28.8. The van der Waals surface area contributed by atoms with Gasteiger partial charge in [0, 0.05) is 12.1 Å². The molecule has 0 heterocycles. The molecule has 0 saturated carbocycles. The maximum absolute atomic E-state index is 13.2. The van der Waals surface area contributed by atoms with E-state index in [1.165, 1.54) is 5.56 Å². The van der Waals surface area contributed by atoms with Crippen LogP contribution in [0, 0.1) is 13.8 Å². The van der Waals surface area contributed by atoms with Crippen LogP contribution in [0.3, 0.4) is 0 Å². The van der Waals surface area contributed by atoms with E-state index in [-0.39, 0.29) is 24.4 Å². The highest BCUT2D eigenvalue weighted by atomic mass is 16.5. The molecule has 0 bridgehead atoms. The first-order chi connectivity index (χ1) is 18.2. The quantitative estimate of drug-likeness (QED) is 0.198. The minimum atomic E-state index is -0.263. The lowest BCUT2D eigenvalue weighted by molar-refractivity contribution is -0.143. The van der Waals surface area contributed by atoms with E-state index in [0.29, 0.717) is 42.6 Å². The average Bonchev–Trinajstić information content (AvgIpc) is 2.91. The van der Waals surface area contributed by atoms with Gasteiger partial charge in [-0.3, -0.25) is 9.59 Å². The summed E-state index contributed by atoms with van der Waals surface area (Å²) in [5.41, 5.74) is 5.47. The third-order valence-corrected chi connectivity index (χ3v) is 6.58. The van der Waals surface area contributed by atoms with Crippen molar-refractivity contribution in [1.82, 2.24) is 0 Å². The van der Waals surface area contributed by atoms with Crippen molar-refractivity contribution in [1.29, 1.82) is 0 Å². The average molecular weight is 518 g/mol. The molecule has 6 heteroatoms. The summed E-state index contributed by atoms with van der Waals surface area (Å²) in [6.45, 7) is 12.8. The van der Waals surface area contributed by atoms with E-state index in [0.717, 1.165) is 22.4 Å². The molecule has 0 aliphatic heterocycles. The van der Waals surface area contributed by atoms with Crippen LogP contribution in [0.15, 0.2) is 60.7 Å². The molecule has 3 aromatic carbocycles. The van der Waals surface area contributed by atoms with Gasteiger partial charge in [0.15, 0.2) is 0 Å². The smallest absolute Gasteiger partial charge is 0.305 e. The number of rotatable bonds is 12. The first-order valence-corrected chi connectivity index (χ1v) is 13.3. The van der Waals surface area contributed by atoms with Gasteiger partial charge in [0.05, 0.1) is 18.8 Å². The highest BCUT2D eigenvalue weighted by molar-refractivity contribution is 6.06. The van der Waals surface area contributed by atoms with Gasteiger partial charge < -0.3 is 19.5 Å². The van der Waals surface area contributed by atoms with E-state index in [1.54, 1.807) is 25.1 Å². The predicted octanol–water partition coefficient (Wildman–Crippen LogP) is 7.54. The molecule has 1 atom stereocenters. The summed E-state index contributed by atoms with van der Waals surface area (Å²) in [5, 5.41) is 3.01. The lowest BCUT2D eigenvalue weighted by Gasteiger charge is -2.20. The normalized spacial score (nSPS) is 11.7. The van der Waals surface area contributed by atoms with E-state index in [1.807, 2.05) is 39.0 Å². The molecule has 0 fully saturated rings. The molecule has 3 aromatic rings. The number of hydrogen-bond acceptors (Lipinski definition) is 5. The van der Waals surface area contributed by atoms with Crippen LogP contribution in [0.4, 0.5) is 5.69 Å². The van der Waals surface area contributed by atoms with E-state index in [9.17, 15) is 9.59 Å². The minimum Gasteiger partial charge on any atom is -0.493 e. The fraction of sp³-hybridized carbons (Fsp3) is 0.375. The summed E-state index contributed by atoms with van der Waals surface area (Å²) in [4.78, 5) is 24.7. The van der Waals surface area contributed by atoms with Gasteiger partial charge >= 0.3 is 5.97 Å². The van der Waals surface area contributed by atoms with Gasteiger partial charge in [-0.05, 0) is 86.6 Å². The highest BCUT2D eigenvalue weighted by Gasteiger charge is 2.17. The molecular formula is C32H39NO5. The van der Waals surface area contributed by atoms with Crippen LogP contribution in [-0.4, -0.2) is 25.1 Å². The second-order valence-corrected chi connectivity index (χ2v) is 9.65. The van der Waals surface area contributed by atoms with Gasteiger partial charge in [0.1, 0.15) is 17.6 Å². The van der Waals surface area contributed by atoms with E-state index < -0.39 is 0 Å². The van der Waals surface area contributed by atoms with Gasteiger partial charge in [0.2, 0.25) is 0 Å². The number of anilines is 1. The molecule has 6 nitrogen and oxygen atoms in total. The van der Waals surface area contributed by atoms with E-state index in [2.05, 4.69) is 43.4 Å². The molecule has 1 N–H and O–H groups in total. The number of amides is 1. The van der Waals surface area contributed by atoms with Gasteiger partial charge in [-0.15, -0.1) is 0 Å². The SMILES string of the molecule is CCOC(=O)CCCOc1ccccc1C(=O)Nc1ccc(OC(C)c2ccc(C(C)C)cc2)c(C)c1C. The van der Waals surface area contributed by atoms with Crippen molar-refractivity contribution in [2.45, 2.75) is 66.4 Å². The minimum absolute atomic E-state index is 0.109. The molecule has 202 valence electrons. The van der Waals surface area contributed by atoms with Crippen molar-refractivity contribution in [3.63, 3.8) is 0 Å². The summed E-state index contributed by atoms with van der Waals surface area (Å²) < 4.78 is 17.1. The van der Waals surface area contributed by atoms with E-state index >= 15 is 0 Å². The standard InChI is InChI=1S/C32H39NO5/c1-7-36-31(34)13-10-20-37-30-12-9-8-11-27(30)32(35)33-28-18-19-29(23(5)22(28)4)38-24(6)26-16-14-25(15-17-26)21(2)3/h8-9,11-12,14-19,21,24H,7,10,13,20H2,1-6H3,(H,33,35).